The SMILES string of the molecule is COc1cc(OC)cc(C(=N)c2cc(Br)cc(Br)c2)c1. The van der Waals surface area contributed by atoms with Crippen LogP contribution in [-0.2, 0) is 0 Å². The van der Waals surface area contributed by atoms with Crippen LogP contribution >= 0.6 is 31.9 Å². The summed E-state index contributed by atoms with van der Waals surface area (Å²) in [5.74, 6) is 1.33. The molecule has 3 nitrogen and oxygen atoms in total. The average molecular weight is 399 g/mol. The van der Waals surface area contributed by atoms with Gasteiger partial charge in [-0.3, -0.25) is 5.41 Å². The fourth-order valence-corrected chi connectivity index (χ4v) is 3.11. The third-order valence-electron chi connectivity index (χ3n) is 2.79. The lowest BCUT2D eigenvalue weighted by Gasteiger charge is -2.10. The van der Waals surface area contributed by atoms with E-state index in [1.54, 1.807) is 20.3 Å². The highest BCUT2D eigenvalue weighted by Gasteiger charge is 2.10. The van der Waals surface area contributed by atoms with Crippen molar-refractivity contribution in [1.82, 2.24) is 0 Å². The summed E-state index contributed by atoms with van der Waals surface area (Å²) in [4.78, 5) is 0. The van der Waals surface area contributed by atoms with Crippen molar-refractivity contribution in [2.45, 2.75) is 0 Å². The summed E-state index contributed by atoms with van der Waals surface area (Å²) in [7, 11) is 3.19. The molecule has 2 aromatic carbocycles. The molecule has 0 fully saturated rings. The Labute approximate surface area is 134 Å². The monoisotopic (exact) mass is 397 g/mol. The van der Waals surface area contributed by atoms with Crippen molar-refractivity contribution in [2.24, 2.45) is 0 Å². The molecule has 0 radical (unpaired) electrons. The van der Waals surface area contributed by atoms with Crippen LogP contribution in [0.25, 0.3) is 0 Å². The van der Waals surface area contributed by atoms with Crippen molar-refractivity contribution in [1.29, 1.82) is 5.41 Å². The highest BCUT2D eigenvalue weighted by Crippen LogP contribution is 2.26. The molecule has 0 unspecified atom stereocenters. The van der Waals surface area contributed by atoms with E-state index in [2.05, 4.69) is 31.9 Å². The van der Waals surface area contributed by atoms with Crippen molar-refractivity contribution in [3.8, 4) is 11.5 Å². The number of halogens is 2. The van der Waals surface area contributed by atoms with Gasteiger partial charge in [0, 0.05) is 26.1 Å². The number of ether oxygens (including phenoxy) is 2. The number of hydrogen-bond donors (Lipinski definition) is 1. The predicted molar refractivity (Wildman–Crippen MR) is 87.3 cm³/mol. The molecule has 0 bridgehead atoms. The molecule has 1 N–H and O–H groups in total. The summed E-state index contributed by atoms with van der Waals surface area (Å²) < 4.78 is 12.3. The zero-order valence-corrected chi connectivity index (χ0v) is 14.2. The molecule has 0 saturated heterocycles. The van der Waals surface area contributed by atoms with E-state index in [4.69, 9.17) is 14.9 Å². The van der Waals surface area contributed by atoms with Crippen molar-refractivity contribution in [2.75, 3.05) is 14.2 Å². The summed E-state index contributed by atoms with van der Waals surface area (Å²) in [5.41, 5.74) is 1.96. The number of hydrogen-bond acceptors (Lipinski definition) is 3. The lowest BCUT2D eigenvalue weighted by Crippen LogP contribution is -2.03. The third-order valence-corrected chi connectivity index (χ3v) is 3.71. The Kier molecular flexibility index (Phi) is 4.83. The molecule has 0 heterocycles. The summed E-state index contributed by atoms with van der Waals surface area (Å²) >= 11 is 6.87. The molecule has 20 heavy (non-hydrogen) atoms. The highest BCUT2D eigenvalue weighted by molar-refractivity contribution is 9.11. The van der Waals surface area contributed by atoms with Gasteiger partial charge in [-0.2, -0.15) is 0 Å². The number of nitrogens with one attached hydrogen (secondary N) is 1. The molecule has 2 aromatic rings. The van der Waals surface area contributed by atoms with Crippen LogP contribution in [0, 0.1) is 5.41 Å². The summed E-state index contributed by atoms with van der Waals surface area (Å²) in [6.07, 6.45) is 0. The molecule has 0 spiro atoms. The Hall–Kier alpha value is -1.33. The van der Waals surface area contributed by atoms with Crippen LogP contribution < -0.4 is 9.47 Å². The van der Waals surface area contributed by atoms with Crippen LogP contribution in [-0.4, -0.2) is 19.9 Å². The molecule has 104 valence electrons. The molecule has 0 atom stereocenters. The molecule has 0 aliphatic rings. The van der Waals surface area contributed by atoms with Crippen LogP contribution in [0.4, 0.5) is 0 Å². The molecule has 5 heteroatoms. The quantitative estimate of drug-likeness (QED) is 0.762. The smallest absolute Gasteiger partial charge is 0.123 e. The molecular formula is C15H13Br2NO2. The first kappa shape index (κ1) is 15.1. The van der Waals surface area contributed by atoms with E-state index in [1.807, 2.05) is 30.3 Å². The first-order valence-corrected chi connectivity index (χ1v) is 7.40. The second-order valence-corrected chi connectivity index (χ2v) is 5.97. The standard InChI is InChI=1S/C15H13Br2NO2/c1-19-13-5-10(6-14(8-13)20-2)15(18)9-3-11(16)7-12(17)4-9/h3-8,18H,1-2H3. The van der Waals surface area contributed by atoms with E-state index < -0.39 is 0 Å². The van der Waals surface area contributed by atoms with Crippen LogP contribution in [0.2, 0.25) is 0 Å². The van der Waals surface area contributed by atoms with Gasteiger partial charge in [-0.15, -0.1) is 0 Å². The summed E-state index contributed by atoms with van der Waals surface area (Å²) in [6.45, 7) is 0. The van der Waals surface area contributed by atoms with Gasteiger partial charge in [0.05, 0.1) is 19.9 Å². The Balaban J connectivity index is 2.47. The normalized spacial score (nSPS) is 10.2. The van der Waals surface area contributed by atoms with E-state index >= 15 is 0 Å². The fourth-order valence-electron chi connectivity index (χ4n) is 1.82. The van der Waals surface area contributed by atoms with E-state index in [0.29, 0.717) is 17.2 Å². The van der Waals surface area contributed by atoms with Crippen molar-refractivity contribution in [3.63, 3.8) is 0 Å². The molecule has 0 aromatic heterocycles. The zero-order valence-electron chi connectivity index (χ0n) is 11.0. The van der Waals surface area contributed by atoms with Gasteiger partial charge in [0.15, 0.2) is 0 Å². The lowest BCUT2D eigenvalue weighted by atomic mass is 10.0. The molecule has 0 amide bonds. The minimum absolute atomic E-state index is 0.407. The lowest BCUT2D eigenvalue weighted by molar-refractivity contribution is 0.394. The van der Waals surface area contributed by atoms with Gasteiger partial charge in [0.1, 0.15) is 11.5 Å². The molecular weight excluding hydrogens is 386 g/mol. The Morgan fingerprint density at radius 3 is 1.70 bits per heavy atom. The van der Waals surface area contributed by atoms with Crippen LogP contribution in [0.5, 0.6) is 11.5 Å². The zero-order chi connectivity index (χ0) is 14.7. The fraction of sp³-hybridized carbons (Fsp3) is 0.133. The molecule has 0 saturated carbocycles. The molecule has 2 rings (SSSR count). The van der Waals surface area contributed by atoms with E-state index in [-0.39, 0.29) is 0 Å². The largest absolute Gasteiger partial charge is 0.497 e. The maximum absolute atomic E-state index is 8.35. The van der Waals surface area contributed by atoms with Crippen LogP contribution in [0.3, 0.4) is 0 Å². The van der Waals surface area contributed by atoms with Gasteiger partial charge < -0.3 is 9.47 Å². The van der Waals surface area contributed by atoms with E-state index in [9.17, 15) is 0 Å². The van der Waals surface area contributed by atoms with Gasteiger partial charge in [0.25, 0.3) is 0 Å². The maximum atomic E-state index is 8.35. The van der Waals surface area contributed by atoms with Gasteiger partial charge in [-0.1, -0.05) is 31.9 Å². The molecule has 0 aliphatic carbocycles. The van der Waals surface area contributed by atoms with Gasteiger partial charge in [-0.05, 0) is 30.3 Å². The maximum Gasteiger partial charge on any atom is 0.123 e. The Morgan fingerprint density at radius 1 is 0.800 bits per heavy atom. The predicted octanol–water partition coefficient (Wildman–Crippen LogP) is 4.64. The third kappa shape index (κ3) is 3.41. The number of benzene rings is 2. The van der Waals surface area contributed by atoms with Crippen molar-refractivity contribution >= 4 is 37.6 Å². The van der Waals surface area contributed by atoms with Crippen molar-refractivity contribution in [3.05, 3.63) is 56.5 Å². The highest BCUT2D eigenvalue weighted by atomic mass is 79.9. The Morgan fingerprint density at radius 2 is 1.25 bits per heavy atom. The second kappa shape index (κ2) is 6.41. The van der Waals surface area contributed by atoms with Gasteiger partial charge in [-0.25, -0.2) is 0 Å². The van der Waals surface area contributed by atoms with Crippen molar-refractivity contribution < 1.29 is 9.47 Å². The first-order valence-electron chi connectivity index (χ1n) is 5.82. The topological polar surface area (TPSA) is 42.3 Å². The Bertz CT molecular complexity index is 614. The number of rotatable bonds is 4. The molecule has 0 aliphatic heterocycles. The minimum Gasteiger partial charge on any atom is -0.497 e. The van der Waals surface area contributed by atoms with Crippen LogP contribution in [0.1, 0.15) is 11.1 Å². The van der Waals surface area contributed by atoms with E-state index in [0.717, 1.165) is 20.1 Å². The second-order valence-electron chi connectivity index (χ2n) is 4.13. The van der Waals surface area contributed by atoms with E-state index in [1.165, 1.54) is 0 Å². The van der Waals surface area contributed by atoms with Gasteiger partial charge in [0.2, 0.25) is 0 Å². The minimum atomic E-state index is 0.407. The first-order chi connectivity index (χ1) is 9.53. The van der Waals surface area contributed by atoms with Crippen LogP contribution in [0.15, 0.2) is 45.3 Å². The van der Waals surface area contributed by atoms with Gasteiger partial charge >= 0.3 is 0 Å². The number of methoxy groups -OCH3 is 2. The summed E-state index contributed by atoms with van der Waals surface area (Å²) in [6, 6.07) is 11.2. The average Bonchev–Trinajstić information content (AvgIpc) is 2.44. The summed E-state index contributed by atoms with van der Waals surface area (Å²) in [5, 5.41) is 8.35.